The van der Waals surface area contributed by atoms with Crippen LogP contribution in [0, 0.1) is 5.82 Å². The molecule has 0 bridgehead atoms. The second-order valence-corrected chi connectivity index (χ2v) is 6.25. The van der Waals surface area contributed by atoms with Gasteiger partial charge in [-0.25, -0.2) is 14.7 Å². The van der Waals surface area contributed by atoms with Crippen molar-refractivity contribution in [2.45, 2.75) is 19.1 Å². The highest BCUT2D eigenvalue weighted by Gasteiger charge is 2.49. The van der Waals surface area contributed by atoms with E-state index in [2.05, 4.69) is 10.8 Å². The Kier molecular flexibility index (Phi) is 5.18. The van der Waals surface area contributed by atoms with Crippen molar-refractivity contribution in [3.63, 3.8) is 0 Å². The van der Waals surface area contributed by atoms with Gasteiger partial charge in [-0.1, -0.05) is 42.5 Å². The van der Waals surface area contributed by atoms with Gasteiger partial charge in [0.2, 0.25) is 0 Å². The van der Waals surface area contributed by atoms with Crippen molar-refractivity contribution in [2.75, 3.05) is 6.54 Å². The third-order valence-corrected chi connectivity index (χ3v) is 4.27. The van der Waals surface area contributed by atoms with E-state index in [0.29, 0.717) is 5.56 Å². The van der Waals surface area contributed by atoms with Crippen LogP contribution in [0.5, 0.6) is 0 Å². The number of halogens is 1. The van der Waals surface area contributed by atoms with Gasteiger partial charge in [0.1, 0.15) is 17.9 Å². The lowest BCUT2D eigenvalue weighted by atomic mass is 9.92. The second-order valence-electron chi connectivity index (χ2n) is 6.25. The van der Waals surface area contributed by atoms with Gasteiger partial charge >= 0.3 is 6.03 Å². The van der Waals surface area contributed by atoms with Crippen molar-refractivity contribution in [1.29, 1.82) is 0 Å². The van der Waals surface area contributed by atoms with E-state index in [-0.39, 0.29) is 6.61 Å². The maximum absolute atomic E-state index is 13.1. The van der Waals surface area contributed by atoms with Gasteiger partial charge in [0.15, 0.2) is 0 Å². The molecule has 2 N–H and O–H groups in total. The Balaban J connectivity index is 1.60. The molecule has 8 heteroatoms. The second kappa shape index (κ2) is 7.55. The van der Waals surface area contributed by atoms with Crippen LogP contribution in [-0.4, -0.2) is 29.3 Å². The van der Waals surface area contributed by atoms with Crippen LogP contribution in [0.1, 0.15) is 18.1 Å². The lowest BCUT2D eigenvalue weighted by Crippen LogP contribution is -2.43. The maximum atomic E-state index is 13.1. The number of urea groups is 1. The summed E-state index contributed by atoms with van der Waals surface area (Å²) >= 11 is 0. The predicted molar refractivity (Wildman–Crippen MR) is 93.4 cm³/mol. The highest BCUT2D eigenvalue weighted by molar-refractivity contribution is 6.09. The van der Waals surface area contributed by atoms with Gasteiger partial charge in [0.05, 0.1) is 6.61 Å². The number of nitrogens with one attached hydrogen (secondary N) is 2. The van der Waals surface area contributed by atoms with E-state index in [9.17, 15) is 18.8 Å². The molecule has 0 spiro atoms. The fourth-order valence-electron chi connectivity index (χ4n) is 2.77. The van der Waals surface area contributed by atoms with E-state index in [1.165, 1.54) is 31.2 Å². The zero-order valence-electron chi connectivity index (χ0n) is 14.6. The summed E-state index contributed by atoms with van der Waals surface area (Å²) in [6.07, 6.45) is 0. The lowest BCUT2D eigenvalue weighted by molar-refractivity contribution is -0.140. The number of hydroxylamine groups is 1. The molecule has 1 saturated heterocycles. The summed E-state index contributed by atoms with van der Waals surface area (Å²) in [5.41, 5.74) is 2.13. The molecule has 1 heterocycles. The van der Waals surface area contributed by atoms with Crippen LogP contribution in [-0.2, 0) is 26.6 Å². The first-order valence-corrected chi connectivity index (χ1v) is 8.25. The molecular formula is C19H18FN3O4. The monoisotopic (exact) mass is 371 g/mol. The molecule has 140 valence electrons. The Labute approximate surface area is 155 Å². The summed E-state index contributed by atoms with van der Waals surface area (Å²) in [5, 5.41) is 2.55. The molecule has 2 aromatic rings. The molecule has 0 saturated carbocycles. The largest absolute Gasteiger partial charge is 0.325 e. The van der Waals surface area contributed by atoms with Crippen molar-refractivity contribution in [2.24, 2.45) is 0 Å². The quantitative estimate of drug-likeness (QED) is 0.599. The van der Waals surface area contributed by atoms with Crippen molar-refractivity contribution in [3.8, 4) is 0 Å². The van der Waals surface area contributed by atoms with Crippen molar-refractivity contribution >= 4 is 17.8 Å². The van der Waals surface area contributed by atoms with Gasteiger partial charge in [-0.05, 0) is 30.2 Å². The minimum atomic E-state index is -1.37. The maximum Gasteiger partial charge on any atom is 0.325 e. The molecular weight excluding hydrogens is 353 g/mol. The van der Waals surface area contributed by atoms with Crippen LogP contribution >= 0.6 is 0 Å². The third-order valence-electron chi connectivity index (χ3n) is 4.27. The van der Waals surface area contributed by atoms with E-state index >= 15 is 0 Å². The van der Waals surface area contributed by atoms with Gasteiger partial charge in [-0.15, -0.1) is 0 Å². The molecule has 0 radical (unpaired) electrons. The van der Waals surface area contributed by atoms with Crippen LogP contribution in [0.2, 0.25) is 0 Å². The molecule has 27 heavy (non-hydrogen) atoms. The predicted octanol–water partition coefficient (Wildman–Crippen LogP) is 1.84. The topological polar surface area (TPSA) is 87.7 Å². The van der Waals surface area contributed by atoms with E-state index < -0.39 is 35.7 Å². The standard InChI is InChI=1S/C19H18FN3O4/c1-19(14-7-9-15(20)10-8-14)17(25)23(18(26)21-19)11-16(24)22-27-12-13-5-3-2-4-6-13/h2-10H,11-12H2,1H3,(H,21,26)(H,22,24). The van der Waals surface area contributed by atoms with Gasteiger partial charge in [0.25, 0.3) is 11.8 Å². The average Bonchev–Trinajstić information content (AvgIpc) is 2.87. The first-order chi connectivity index (χ1) is 12.9. The third kappa shape index (κ3) is 3.95. The molecule has 1 atom stereocenters. The van der Waals surface area contributed by atoms with E-state index in [4.69, 9.17) is 4.84 Å². The summed E-state index contributed by atoms with van der Waals surface area (Å²) in [4.78, 5) is 42.8. The van der Waals surface area contributed by atoms with Gasteiger partial charge < -0.3 is 5.32 Å². The molecule has 1 fully saturated rings. The smallest absolute Gasteiger partial charge is 0.319 e. The molecule has 0 aliphatic carbocycles. The lowest BCUT2D eigenvalue weighted by Gasteiger charge is -2.22. The fraction of sp³-hybridized carbons (Fsp3) is 0.211. The number of amides is 4. The van der Waals surface area contributed by atoms with E-state index in [1.807, 2.05) is 30.3 Å². The molecule has 4 amide bonds. The van der Waals surface area contributed by atoms with Crippen molar-refractivity contribution in [1.82, 2.24) is 15.7 Å². The molecule has 2 aromatic carbocycles. The molecule has 3 rings (SSSR count). The van der Waals surface area contributed by atoms with Crippen LogP contribution in [0.3, 0.4) is 0 Å². The Morgan fingerprint density at radius 3 is 2.48 bits per heavy atom. The van der Waals surface area contributed by atoms with Crippen LogP contribution in [0.25, 0.3) is 0 Å². The van der Waals surface area contributed by atoms with Crippen LogP contribution in [0.4, 0.5) is 9.18 Å². The summed E-state index contributed by atoms with van der Waals surface area (Å²) in [7, 11) is 0. The van der Waals surface area contributed by atoms with Gasteiger partial charge in [0, 0.05) is 0 Å². The Bertz CT molecular complexity index is 857. The fourth-order valence-corrected chi connectivity index (χ4v) is 2.77. The Morgan fingerprint density at radius 2 is 1.81 bits per heavy atom. The molecule has 0 aromatic heterocycles. The van der Waals surface area contributed by atoms with E-state index in [1.54, 1.807) is 0 Å². The van der Waals surface area contributed by atoms with Crippen molar-refractivity contribution < 1.29 is 23.6 Å². The van der Waals surface area contributed by atoms with Gasteiger partial charge in [-0.3, -0.25) is 19.3 Å². The zero-order chi connectivity index (χ0) is 19.4. The van der Waals surface area contributed by atoms with Gasteiger partial charge in [-0.2, -0.15) is 0 Å². The summed E-state index contributed by atoms with van der Waals surface area (Å²) < 4.78 is 13.1. The summed E-state index contributed by atoms with van der Waals surface area (Å²) in [5.74, 6) is -1.69. The number of benzene rings is 2. The molecule has 1 aliphatic heterocycles. The summed E-state index contributed by atoms with van der Waals surface area (Å²) in [6.45, 7) is 1.17. The Hall–Kier alpha value is -3.26. The number of rotatable bonds is 6. The Morgan fingerprint density at radius 1 is 1.15 bits per heavy atom. The minimum Gasteiger partial charge on any atom is -0.319 e. The number of carbonyl (C=O) groups is 3. The summed E-state index contributed by atoms with van der Waals surface area (Å²) in [6, 6.07) is 13.7. The van der Waals surface area contributed by atoms with Crippen LogP contribution < -0.4 is 10.8 Å². The van der Waals surface area contributed by atoms with Crippen molar-refractivity contribution in [3.05, 3.63) is 71.5 Å². The zero-order valence-corrected chi connectivity index (χ0v) is 14.6. The highest BCUT2D eigenvalue weighted by Crippen LogP contribution is 2.28. The highest BCUT2D eigenvalue weighted by atomic mass is 19.1. The molecule has 1 aliphatic rings. The number of hydrogen-bond acceptors (Lipinski definition) is 4. The molecule has 1 unspecified atom stereocenters. The first-order valence-electron chi connectivity index (χ1n) is 8.25. The number of carbonyl (C=O) groups excluding carboxylic acids is 3. The first kappa shape index (κ1) is 18.5. The average molecular weight is 371 g/mol. The molecule has 7 nitrogen and oxygen atoms in total. The van der Waals surface area contributed by atoms with E-state index in [0.717, 1.165) is 10.5 Å². The number of hydrogen-bond donors (Lipinski definition) is 2. The SMILES string of the molecule is CC1(c2ccc(F)cc2)NC(=O)N(CC(=O)NOCc2ccccc2)C1=O. The van der Waals surface area contributed by atoms with Crippen LogP contribution in [0.15, 0.2) is 54.6 Å². The normalized spacial score (nSPS) is 19.1. The minimum absolute atomic E-state index is 0.153. The number of imide groups is 1. The number of nitrogens with zero attached hydrogens (tertiary/aromatic N) is 1.